The normalized spacial score (nSPS) is 13.0. The van der Waals surface area contributed by atoms with E-state index in [1.54, 1.807) is 0 Å². The molecule has 0 aliphatic carbocycles. The lowest BCUT2D eigenvalue weighted by molar-refractivity contribution is 0.0142. The zero-order valence-electron chi connectivity index (χ0n) is 10.6. The van der Waals surface area contributed by atoms with Crippen molar-refractivity contribution in [1.82, 2.24) is 0 Å². The van der Waals surface area contributed by atoms with Gasteiger partial charge in [0.2, 0.25) is 0 Å². The quantitative estimate of drug-likeness (QED) is 0.712. The van der Waals surface area contributed by atoms with Gasteiger partial charge in [0.15, 0.2) is 0 Å². The zero-order chi connectivity index (χ0) is 12.7. The summed E-state index contributed by atoms with van der Waals surface area (Å²) in [5, 5.41) is 18.4. The van der Waals surface area contributed by atoms with Crippen LogP contribution in [0.3, 0.4) is 0 Å². The van der Waals surface area contributed by atoms with Crippen LogP contribution in [0.2, 0.25) is 0 Å². The maximum Gasteiger partial charge on any atom is 0.0796 e. The summed E-state index contributed by atoms with van der Waals surface area (Å²) in [6, 6.07) is 7.82. The number of rotatable bonds is 7. The molecule has 0 fully saturated rings. The van der Waals surface area contributed by atoms with Gasteiger partial charge in [0.25, 0.3) is 0 Å². The van der Waals surface area contributed by atoms with Gasteiger partial charge in [-0.3, -0.25) is 0 Å². The molecule has 0 spiro atoms. The third-order valence-electron chi connectivity index (χ3n) is 2.80. The summed E-state index contributed by atoms with van der Waals surface area (Å²) in [5.41, 5.74) is 2.10. The highest BCUT2D eigenvalue weighted by Gasteiger charge is 2.08. The van der Waals surface area contributed by atoms with Crippen LogP contribution in [0.4, 0.5) is 0 Å². The first-order valence-electron chi connectivity index (χ1n) is 6.08. The number of hydrogen-bond donors (Lipinski definition) is 2. The van der Waals surface area contributed by atoms with Gasteiger partial charge in [-0.05, 0) is 23.5 Å². The first-order chi connectivity index (χ1) is 8.13. The Bertz CT molecular complexity index is 306. The number of hydrogen-bond acceptors (Lipinski definition) is 3. The average Bonchev–Trinajstić information content (AvgIpc) is 2.35. The summed E-state index contributed by atoms with van der Waals surface area (Å²) in [6.45, 7) is 5.04. The topological polar surface area (TPSA) is 49.7 Å². The van der Waals surface area contributed by atoms with Crippen molar-refractivity contribution in [3.8, 4) is 0 Å². The van der Waals surface area contributed by atoms with Gasteiger partial charge in [-0.25, -0.2) is 0 Å². The Labute approximate surface area is 103 Å². The van der Waals surface area contributed by atoms with Gasteiger partial charge in [-0.2, -0.15) is 0 Å². The summed E-state index contributed by atoms with van der Waals surface area (Å²) in [4.78, 5) is 0. The van der Waals surface area contributed by atoms with Crippen molar-refractivity contribution in [2.45, 2.75) is 33.0 Å². The molecule has 1 aromatic carbocycles. The van der Waals surface area contributed by atoms with E-state index in [-0.39, 0.29) is 18.6 Å². The van der Waals surface area contributed by atoms with Crippen LogP contribution in [-0.2, 0) is 17.8 Å². The third-order valence-corrected chi connectivity index (χ3v) is 2.80. The minimum Gasteiger partial charge on any atom is -0.392 e. The molecule has 1 rings (SSSR count). The maximum absolute atomic E-state index is 9.54. The molecular weight excluding hydrogens is 216 g/mol. The molecule has 3 nitrogen and oxygen atoms in total. The van der Waals surface area contributed by atoms with Crippen LogP contribution in [0.5, 0.6) is 0 Å². The molecule has 0 saturated heterocycles. The zero-order valence-corrected chi connectivity index (χ0v) is 10.6. The van der Waals surface area contributed by atoms with Crippen molar-refractivity contribution in [3.63, 3.8) is 0 Å². The molecule has 1 atom stereocenters. The lowest BCUT2D eigenvalue weighted by Gasteiger charge is -2.14. The summed E-state index contributed by atoms with van der Waals surface area (Å²) in [5.74, 6) is 0.235. The van der Waals surface area contributed by atoms with Crippen LogP contribution in [0.1, 0.15) is 25.0 Å². The number of aliphatic hydroxyl groups is 2. The third kappa shape index (κ3) is 5.31. The summed E-state index contributed by atoms with van der Waals surface area (Å²) >= 11 is 0. The molecule has 0 aliphatic heterocycles. The number of benzene rings is 1. The van der Waals surface area contributed by atoms with E-state index < -0.39 is 0 Å². The fraction of sp³-hybridized carbons (Fsp3) is 0.571. The Morgan fingerprint density at radius 2 is 1.71 bits per heavy atom. The predicted molar refractivity (Wildman–Crippen MR) is 67.7 cm³/mol. The summed E-state index contributed by atoms with van der Waals surface area (Å²) in [6.07, 6.45) is 0.447. The molecule has 17 heavy (non-hydrogen) atoms. The first kappa shape index (κ1) is 14.2. The van der Waals surface area contributed by atoms with E-state index in [2.05, 4.69) is 0 Å². The lowest BCUT2D eigenvalue weighted by Crippen LogP contribution is -2.22. The molecule has 0 saturated carbocycles. The van der Waals surface area contributed by atoms with Gasteiger partial charge in [0.1, 0.15) is 0 Å². The molecule has 0 amide bonds. The van der Waals surface area contributed by atoms with E-state index in [9.17, 15) is 5.11 Å². The van der Waals surface area contributed by atoms with E-state index in [0.717, 1.165) is 12.0 Å². The smallest absolute Gasteiger partial charge is 0.0796 e. The molecule has 0 radical (unpaired) electrons. The molecule has 0 aromatic heterocycles. The minimum absolute atomic E-state index is 0.0807. The van der Waals surface area contributed by atoms with Crippen LogP contribution in [0, 0.1) is 5.92 Å². The fourth-order valence-electron chi connectivity index (χ4n) is 1.40. The highest BCUT2D eigenvalue weighted by Crippen LogP contribution is 2.06. The molecule has 96 valence electrons. The Hall–Kier alpha value is -0.900. The second-order valence-electron chi connectivity index (χ2n) is 4.61. The fourth-order valence-corrected chi connectivity index (χ4v) is 1.40. The largest absolute Gasteiger partial charge is 0.392 e. The molecule has 0 aliphatic rings. The highest BCUT2D eigenvalue weighted by molar-refractivity contribution is 5.21. The average molecular weight is 238 g/mol. The number of aliphatic hydroxyl groups excluding tert-OH is 2. The molecule has 0 heterocycles. The van der Waals surface area contributed by atoms with E-state index >= 15 is 0 Å². The van der Waals surface area contributed by atoms with Crippen molar-refractivity contribution in [2.75, 3.05) is 13.2 Å². The van der Waals surface area contributed by atoms with Crippen molar-refractivity contribution in [1.29, 1.82) is 0 Å². The number of ether oxygens (including phenoxy) is 1. The SMILES string of the molecule is CC(C)C(O)COCCc1ccc(CO)cc1. The molecule has 0 bridgehead atoms. The molecule has 1 aromatic rings. The van der Waals surface area contributed by atoms with Crippen molar-refractivity contribution >= 4 is 0 Å². The van der Waals surface area contributed by atoms with Crippen molar-refractivity contribution in [2.24, 2.45) is 5.92 Å². The van der Waals surface area contributed by atoms with Crippen LogP contribution in [0.25, 0.3) is 0 Å². The molecular formula is C14H22O3. The highest BCUT2D eigenvalue weighted by atomic mass is 16.5. The maximum atomic E-state index is 9.54. The monoisotopic (exact) mass is 238 g/mol. The van der Waals surface area contributed by atoms with Crippen LogP contribution >= 0.6 is 0 Å². The standard InChI is InChI=1S/C14H22O3/c1-11(2)14(16)10-17-8-7-12-3-5-13(9-15)6-4-12/h3-6,11,14-16H,7-10H2,1-2H3. The van der Waals surface area contributed by atoms with E-state index in [0.29, 0.717) is 13.2 Å². The Kier molecular flexibility index (Phi) is 6.19. The van der Waals surface area contributed by atoms with E-state index in [1.165, 1.54) is 5.56 Å². The van der Waals surface area contributed by atoms with Gasteiger partial charge < -0.3 is 14.9 Å². The van der Waals surface area contributed by atoms with Crippen molar-refractivity contribution in [3.05, 3.63) is 35.4 Å². The lowest BCUT2D eigenvalue weighted by atomic mass is 10.1. The van der Waals surface area contributed by atoms with Gasteiger partial charge in [0.05, 0.1) is 25.9 Å². The Balaban J connectivity index is 2.22. The van der Waals surface area contributed by atoms with Crippen LogP contribution in [-0.4, -0.2) is 29.5 Å². The van der Waals surface area contributed by atoms with Crippen molar-refractivity contribution < 1.29 is 14.9 Å². The van der Waals surface area contributed by atoms with E-state index in [4.69, 9.17) is 9.84 Å². The Morgan fingerprint density at radius 1 is 1.12 bits per heavy atom. The molecule has 2 N–H and O–H groups in total. The van der Waals surface area contributed by atoms with Gasteiger partial charge in [-0.1, -0.05) is 38.1 Å². The summed E-state index contributed by atoms with van der Waals surface area (Å²) in [7, 11) is 0. The van der Waals surface area contributed by atoms with Crippen LogP contribution < -0.4 is 0 Å². The van der Waals surface area contributed by atoms with Gasteiger partial charge in [0, 0.05) is 0 Å². The van der Waals surface area contributed by atoms with E-state index in [1.807, 2.05) is 38.1 Å². The second kappa shape index (κ2) is 7.43. The molecule has 1 unspecified atom stereocenters. The Morgan fingerprint density at radius 3 is 2.24 bits per heavy atom. The van der Waals surface area contributed by atoms with Gasteiger partial charge >= 0.3 is 0 Å². The molecule has 3 heteroatoms. The summed E-state index contributed by atoms with van der Waals surface area (Å²) < 4.78 is 5.42. The minimum atomic E-state index is -0.383. The first-order valence-corrected chi connectivity index (χ1v) is 6.08. The second-order valence-corrected chi connectivity index (χ2v) is 4.61. The predicted octanol–water partition coefficient (Wildman–Crippen LogP) is 1.75. The van der Waals surface area contributed by atoms with Crippen LogP contribution in [0.15, 0.2) is 24.3 Å². The van der Waals surface area contributed by atoms with Gasteiger partial charge in [-0.15, -0.1) is 0 Å².